The molecule has 1 heterocycles. The third-order valence-corrected chi connectivity index (χ3v) is 5.37. The standard InChI is InChI=1S/C23H19FN2O4/c1-23(18-9-5-7-14-6-3-4-8-16(14)18)21(28)26(22(29)25-23)13-19(27)17-12-15(24)10-11-20(17)30-2/h3-12H,13H2,1-2H3,(H,25,29)/t23-/m0/s1. The number of imide groups is 1. The van der Waals surface area contributed by atoms with Crippen LogP contribution in [0.2, 0.25) is 0 Å². The number of methoxy groups -OCH3 is 1. The Morgan fingerprint density at radius 3 is 2.60 bits per heavy atom. The van der Waals surface area contributed by atoms with Gasteiger partial charge < -0.3 is 10.1 Å². The van der Waals surface area contributed by atoms with Gasteiger partial charge in [0.05, 0.1) is 19.2 Å². The van der Waals surface area contributed by atoms with Crippen molar-refractivity contribution in [2.75, 3.05) is 13.7 Å². The molecule has 0 aromatic heterocycles. The van der Waals surface area contributed by atoms with Crippen molar-refractivity contribution in [3.8, 4) is 5.75 Å². The molecule has 1 aliphatic heterocycles. The summed E-state index contributed by atoms with van der Waals surface area (Å²) in [5.41, 5.74) is -0.723. The van der Waals surface area contributed by atoms with Crippen LogP contribution < -0.4 is 10.1 Å². The summed E-state index contributed by atoms with van der Waals surface area (Å²) in [5, 5.41) is 4.47. The molecule has 0 saturated carbocycles. The molecule has 152 valence electrons. The van der Waals surface area contributed by atoms with Crippen molar-refractivity contribution in [2.24, 2.45) is 0 Å². The second-order valence-corrected chi connectivity index (χ2v) is 7.24. The quantitative estimate of drug-likeness (QED) is 0.519. The molecule has 7 heteroatoms. The van der Waals surface area contributed by atoms with E-state index in [1.165, 1.54) is 19.2 Å². The summed E-state index contributed by atoms with van der Waals surface area (Å²) >= 11 is 0. The summed E-state index contributed by atoms with van der Waals surface area (Å²) < 4.78 is 18.7. The maximum atomic E-state index is 13.6. The highest BCUT2D eigenvalue weighted by Crippen LogP contribution is 2.34. The van der Waals surface area contributed by atoms with Gasteiger partial charge in [-0.1, -0.05) is 42.5 Å². The Morgan fingerprint density at radius 1 is 1.10 bits per heavy atom. The number of nitrogens with zero attached hydrogens (tertiary/aromatic N) is 1. The van der Waals surface area contributed by atoms with Gasteiger partial charge in [-0.15, -0.1) is 0 Å². The number of Topliss-reactive ketones (excluding diaryl/α,β-unsaturated/α-hetero) is 1. The molecule has 3 aromatic carbocycles. The van der Waals surface area contributed by atoms with Gasteiger partial charge in [0.15, 0.2) is 5.78 Å². The Balaban J connectivity index is 1.68. The lowest BCUT2D eigenvalue weighted by Gasteiger charge is -2.24. The molecule has 1 saturated heterocycles. The zero-order chi connectivity index (χ0) is 21.5. The maximum Gasteiger partial charge on any atom is 0.325 e. The molecule has 0 aliphatic carbocycles. The molecule has 30 heavy (non-hydrogen) atoms. The zero-order valence-electron chi connectivity index (χ0n) is 16.4. The number of carbonyl (C=O) groups is 3. The van der Waals surface area contributed by atoms with Crippen molar-refractivity contribution in [3.63, 3.8) is 0 Å². The Hall–Kier alpha value is -3.74. The summed E-state index contributed by atoms with van der Waals surface area (Å²) in [6, 6.07) is 15.9. The van der Waals surface area contributed by atoms with Crippen molar-refractivity contribution >= 4 is 28.5 Å². The lowest BCUT2D eigenvalue weighted by atomic mass is 9.88. The number of nitrogens with one attached hydrogen (secondary N) is 1. The average Bonchev–Trinajstić information content (AvgIpc) is 2.97. The molecule has 6 nitrogen and oxygen atoms in total. The van der Waals surface area contributed by atoms with E-state index in [4.69, 9.17) is 4.74 Å². The monoisotopic (exact) mass is 406 g/mol. The number of amides is 3. The predicted octanol–water partition coefficient (Wildman–Crippen LogP) is 3.64. The van der Waals surface area contributed by atoms with E-state index >= 15 is 0 Å². The molecular formula is C23H19FN2O4. The van der Waals surface area contributed by atoms with Crippen LogP contribution in [0, 0.1) is 5.82 Å². The van der Waals surface area contributed by atoms with E-state index in [1.54, 1.807) is 13.0 Å². The highest BCUT2D eigenvalue weighted by atomic mass is 19.1. The molecule has 0 radical (unpaired) electrons. The number of benzene rings is 3. The number of hydrogen-bond acceptors (Lipinski definition) is 4. The second kappa shape index (κ2) is 7.26. The molecule has 0 spiro atoms. The fourth-order valence-electron chi connectivity index (χ4n) is 3.81. The van der Waals surface area contributed by atoms with Crippen LogP contribution in [0.25, 0.3) is 10.8 Å². The summed E-state index contributed by atoms with van der Waals surface area (Å²) in [4.78, 5) is 39.5. The minimum atomic E-state index is -1.33. The lowest BCUT2D eigenvalue weighted by Crippen LogP contribution is -2.41. The van der Waals surface area contributed by atoms with E-state index in [2.05, 4.69) is 5.32 Å². The Bertz CT molecular complexity index is 1190. The molecule has 0 bridgehead atoms. The smallest absolute Gasteiger partial charge is 0.325 e. The van der Waals surface area contributed by atoms with Gasteiger partial charge in [0.2, 0.25) is 0 Å². The van der Waals surface area contributed by atoms with Gasteiger partial charge in [0.1, 0.15) is 17.1 Å². The number of carbonyl (C=O) groups excluding carboxylic acids is 3. The molecule has 1 fully saturated rings. The SMILES string of the molecule is COc1ccc(F)cc1C(=O)CN1C(=O)N[C@@](C)(c2cccc3ccccc23)C1=O. The van der Waals surface area contributed by atoms with Crippen LogP contribution in [-0.2, 0) is 10.3 Å². The largest absolute Gasteiger partial charge is 0.496 e. The fraction of sp³-hybridized carbons (Fsp3) is 0.174. The minimum Gasteiger partial charge on any atom is -0.496 e. The third-order valence-electron chi connectivity index (χ3n) is 5.37. The number of ketones is 1. The fourth-order valence-corrected chi connectivity index (χ4v) is 3.81. The van der Waals surface area contributed by atoms with E-state index in [0.717, 1.165) is 21.7 Å². The van der Waals surface area contributed by atoms with Crippen molar-refractivity contribution < 1.29 is 23.5 Å². The molecule has 3 aromatic rings. The zero-order valence-corrected chi connectivity index (χ0v) is 16.4. The minimum absolute atomic E-state index is 0.0307. The van der Waals surface area contributed by atoms with E-state index in [1.807, 2.05) is 36.4 Å². The molecule has 1 N–H and O–H groups in total. The van der Waals surface area contributed by atoms with Gasteiger partial charge in [-0.2, -0.15) is 0 Å². The van der Waals surface area contributed by atoms with E-state index in [0.29, 0.717) is 5.56 Å². The van der Waals surface area contributed by atoms with Crippen LogP contribution in [0.15, 0.2) is 60.7 Å². The number of hydrogen-bond donors (Lipinski definition) is 1. The molecular weight excluding hydrogens is 387 g/mol. The molecule has 4 rings (SSSR count). The third kappa shape index (κ3) is 3.08. The van der Waals surface area contributed by atoms with Crippen LogP contribution in [0.5, 0.6) is 5.75 Å². The van der Waals surface area contributed by atoms with Gasteiger partial charge in [-0.25, -0.2) is 9.18 Å². The highest BCUT2D eigenvalue weighted by molar-refractivity contribution is 6.13. The van der Waals surface area contributed by atoms with Gasteiger partial charge in [-0.3, -0.25) is 14.5 Å². The second-order valence-electron chi connectivity index (χ2n) is 7.24. The van der Waals surface area contributed by atoms with E-state index in [-0.39, 0.29) is 11.3 Å². The number of rotatable bonds is 5. The number of fused-ring (bicyclic) bond motifs is 1. The number of urea groups is 1. The van der Waals surface area contributed by atoms with Crippen LogP contribution in [0.1, 0.15) is 22.8 Å². The first-order chi connectivity index (χ1) is 14.3. The Labute approximate surface area is 172 Å². The normalized spacial score (nSPS) is 18.6. The van der Waals surface area contributed by atoms with Crippen LogP contribution in [-0.4, -0.2) is 36.3 Å². The summed E-state index contributed by atoms with van der Waals surface area (Å²) in [5.74, 6) is -1.59. The van der Waals surface area contributed by atoms with E-state index in [9.17, 15) is 18.8 Å². The predicted molar refractivity (Wildman–Crippen MR) is 109 cm³/mol. The number of halogens is 1. The van der Waals surface area contributed by atoms with E-state index < -0.39 is 35.6 Å². The van der Waals surface area contributed by atoms with Crippen molar-refractivity contribution in [1.82, 2.24) is 10.2 Å². The van der Waals surface area contributed by atoms with Gasteiger partial charge in [0.25, 0.3) is 5.91 Å². The average molecular weight is 406 g/mol. The summed E-state index contributed by atoms with van der Waals surface area (Å²) in [6.45, 7) is 1.09. The highest BCUT2D eigenvalue weighted by Gasteiger charge is 2.50. The Kier molecular flexibility index (Phi) is 4.73. The molecule has 1 atom stereocenters. The molecule has 3 amide bonds. The van der Waals surface area contributed by atoms with Crippen molar-refractivity contribution in [3.05, 3.63) is 77.6 Å². The van der Waals surface area contributed by atoms with Crippen molar-refractivity contribution in [1.29, 1.82) is 0 Å². The molecule has 0 unspecified atom stereocenters. The summed E-state index contributed by atoms with van der Waals surface area (Å²) in [6.07, 6.45) is 0. The summed E-state index contributed by atoms with van der Waals surface area (Å²) in [7, 11) is 1.36. The maximum absolute atomic E-state index is 13.6. The van der Waals surface area contributed by atoms with Crippen LogP contribution >= 0.6 is 0 Å². The van der Waals surface area contributed by atoms with Gasteiger partial charge in [0, 0.05) is 0 Å². The Morgan fingerprint density at radius 2 is 1.83 bits per heavy atom. The van der Waals surface area contributed by atoms with Gasteiger partial charge in [-0.05, 0) is 41.5 Å². The number of ether oxygens (including phenoxy) is 1. The first-order valence-electron chi connectivity index (χ1n) is 9.34. The molecule has 1 aliphatic rings. The van der Waals surface area contributed by atoms with Crippen molar-refractivity contribution in [2.45, 2.75) is 12.5 Å². The first-order valence-corrected chi connectivity index (χ1v) is 9.34. The van der Waals surface area contributed by atoms with Crippen LogP contribution in [0.4, 0.5) is 9.18 Å². The van der Waals surface area contributed by atoms with Gasteiger partial charge >= 0.3 is 6.03 Å². The topological polar surface area (TPSA) is 75.7 Å². The van der Waals surface area contributed by atoms with Crippen LogP contribution in [0.3, 0.4) is 0 Å². The first kappa shape index (κ1) is 19.6. The lowest BCUT2D eigenvalue weighted by molar-refractivity contribution is -0.130.